The van der Waals surface area contributed by atoms with Crippen LogP contribution in [0.15, 0.2) is 6.07 Å². The normalized spacial score (nSPS) is 23.0. The van der Waals surface area contributed by atoms with Crippen LogP contribution in [0.2, 0.25) is 0 Å². The number of sulfone groups is 1. The van der Waals surface area contributed by atoms with Crippen molar-refractivity contribution in [3.05, 3.63) is 23.0 Å². The van der Waals surface area contributed by atoms with E-state index < -0.39 is 33.5 Å². The van der Waals surface area contributed by atoms with E-state index in [-0.39, 0.29) is 39.8 Å². The van der Waals surface area contributed by atoms with E-state index in [0.29, 0.717) is 18.9 Å². The Morgan fingerprint density at radius 3 is 2.41 bits per heavy atom. The van der Waals surface area contributed by atoms with Crippen molar-refractivity contribution in [1.82, 2.24) is 10.3 Å². The Bertz CT molecular complexity index is 998. The monoisotopic (exact) mass is 504 g/mol. The molecule has 1 aromatic rings. The first kappa shape index (κ1) is 26.8. The number of rotatable bonds is 11. The number of hydrogen-bond acceptors (Lipinski definition) is 5. The van der Waals surface area contributed by atoms with Crippen molar-refractivity contribution in [2.45, 2.75) is 71.4 Å². The Kier molecular flexibility index (Phi) is 7.89. The number of ether oxygens (including phenoxy) is 1. The predicted octanol–water partition coefficient (Wildman–Crippen LogP) is 4.98. The van der Waals surface area contributed by atoms with Gasteiger partial charge in [0.25, 0.3) is 5.91 Å². The number of methoxy groups -OCH3 is 1. The van der Waals surface area contributed by atoms with Gasteiger partial charge in [-0.1, -0.05) is 33.6 Å². The predicted molar refractivity (Wildman–Crippen MR) is 124 cm³/mol. The summed E-state index contributed by atoms with van der Waals surface area (Å²) in [5.74, 6) is -0.0476. The third-order valence-electron chi connectivity index (χ3n) is 6.79. The second kappa shape index (κ2) is 10.0. The van der Waals surface area contributed by atoms with E-state index in [0.717, 1.165) is 38.2 Å². The Morgan fingerprint density at radius 1 is 1.26 bits per heavy atom. The molecule has 2 aliphatic rings. The zero-order chi connectivity index (χ0) is 25.3. The first-order valence-corrected chi connectivity index (χ1v) is 13.8. The topological polar surface area (TPSA) is 85.4 Å². The third kappa shape index (κ3) is 6.43. The molecule has 0 radical (unpaired) electrons. The van der Waals surface area contributed by atoms with Crippen LogP contribution in [0.4, 0.5) is 13.2 Å². The molecule has 10 heteroatoms. The van der Waals surface area contributed by atoms with Crippen molar-refractivity contribution >= 4 is 15.7 Å². The fourth-order valence-electron chi connectivity index (χ4n) is 5.20. The van der Waals surface area contributed by atoms with Crippen molar-refractivity contribution in [2.75, 3.05) is 25.2 Å². The van der Waals surface area contributed by atoms with Crippen molar-refractivity contribution in [3.8, 4) is 5.75 Å². The summed E-state index contributed by atoms with van der Waals surface area (Å²) >= 11 is 0. The van der Waals surface area contributed by atoms with Crippen LogP contribution >= 0.6 is 0 Å². The molecule has 3 rings (SSSR count). The molecule has 192 valence electrons. The lowest BCUT2D eigenvalue weighted by Gasteiger charge is -2.48. The quantitative estimate of drug-likeness (QED) is 0.459. The van der Waals surface area contributed by atoms with Gasteiger partial charge in [-0.3, -0.25) is 4.79 Å². The van der Waals surface area contributed by atoms with Gasteiger partial charge in [-0.25, -0.2) is 13.4 Å². The van der Waals surface area contributed by atoms with E-state index in [1.807, 2.05) is 6.92 Å². The molecule has 1 N–H and O–H groups in total. The largest absolute Gasteiger partial charge is 0.496 e. The summed E-state index contributed by atoms with van der Waals surface area (Å²) in [6.45, 7) is 5.57. The highest BCUT2D eigenvalue weighted by Crippen LogP contribution is 2.54. The number of amides is 1. The molecule has 0 aromatic carbocycles. The Balaban J connectivity index is 1.76. The average Bonchev–Trinajstić information content (AvgIpc) is 3.52. The molecule has 1 amide bonds. The second-order valence-corrected chi connectivity index (χ2v) is 12.6. The zero-order valence-corrected chi connectivity index (χ0v) is 21.1. The van der Waals surface area contributed by atoms with E-state index in [1.54, 1.807) is 13.8 Å². The van der Waals surface area contributed by atoms with E-state index >= 15 is 0 Å². The summed E-state index contributed by atoms with van der Waals surface area (Å²) < 4.78 is 69.5. The van der Waals surface area contributed by atoms with Crippen LogP contribution < -0.4 is 10.1 Å². The van der Waals surface area contributed by atoms with Gasteiger partial charge in [-0.15, -0.1) is 0 Å². The lowest BCUT2D eigenvalue weighted by molar-refractivity contribution is -0.141. The number of aromatic nitrogens is 1. The highest BCUT2D eigenvalue weighted by molar-refractivity contribution is 7.91. The van der Waals surface area contributed by atoms with Crippen molar-refractivity contribution in [1.29, 1.82) is 0 Å². The summed E-state index contributed by atoms with van der Waals surface area (Å²) in [6.07, 6.45) is 0.611. The number of carbonyl (C=O) groups is 1. The third-order valence-corrected chi connectivity index (χ3v) is 8.80. The van der Waals surface area contributed by atoms with Gasteiger partial charge in [0.2, 0.25) is 0 Å². The van der Waals surface area contributed by atoms with Crippen LogP contribution in [0.3, 0.4) is 0 Å². The van der Waals surface area contributed by atoms with Crippen molar-refractivity contribution in [3.63, 3.8) is 0 Å². The zero-order valence-electron chi connectivity index (χ0n) is 20.3. The average molecular weight is 505 g/mol. The maximum Gasteiger partial charge on any atom is 0.433 e. The molecular formula is C24H35F3N2O4S. The minimum absolute atomic E-state index is 0.0217. The standard InChI is InChI=1S/C24H35F3N2O4S/c1-5-8-34(31,32)13-17-11-23(12-17,10-16-6-7-16)14-28-22(30)20-18(33-4)9-19(24(25,26)27)29-21(20)15(2)3/h9,15-17H,5-8,10-14H2,1-4H3,(H,28,30). The van der Waals surface area contributed by atoms with E-state index in [9.17, 15) is 26.4 Å². The fourth-order valence-corrected chi connectivity index (χ4v) is 6.95. The highest BCUT2D eigenvalue weighted by Gasteiger charge is 2.48. The van der Waals surface area contributed by atoms with Gasteiger partial charge in [-0.05, 0) is 48.9 Å². The SMILES string of the molecule is CCCS(=O)(=O)CC1CC(CNC(=O)c2c(OC)cc(C(F)(F)F)nc2C(C)C)(CC2CC2)C1. The van der Waals surface area contributed by atoms with Gasteiger partial charge < -0.3 is 10.1 Å². The van der Waals surface area contributed by atoms with Crippen molar-refractivity contribution < 1.29 is 31.1 Å². The molecule has 1 aromatic heterocycles. The lowest BCUT2D eigenvalue weighted by atomic mass is 9.60. The molecule has 2 aliphatic carbocycles. The minimum Gasteiger partial charge on any atom is -0.496 e. The molecule has 34 heavy (non-hydrogen) atoms. The number of nitrogens with zero attached hydrogens (tertiary/aromatic N) is 1. The first-order valence-electron chi connectivity index (χ1n) is 11.9. The molecule has 6 nitrogen and oxygen atoms in total. The molecule has 2 saturated carbocycles. The molecule has 1 heterocycles. The molecule has 0 atom stereocenters. The number of alkyl halides is 3. The molecule has 0 unspecified atom stereocenters. The van der Waals surface area contributed by atoms with Gasteiger partial charge in [-0.2, -0.15) is 13.2 Å². The number of pyridine rings is 1. The van der Waals surface area contributed by atoms with Crippen LogP contribution in [0.25, 0.3) is 0 Å². The Labute approximate surface area is 200 Å². The molecular weight excluding hydrogens is 469 g/mol. The fraction of sp³-hybridized carbons (Fsp3) is 0.750. The van der Waals surface area contributed by atoms with Crippen molar-refractivity contribution in [2.24, 2.45) is 17.3 Å². The summed E-state index contributed by atoms with van der Waals surface area (Å²) in [4.78, 5) is 16.9. The molecule has 0 saturated heterocycles. The maximum absolute atomic E-state index is 13.3. The molecule has 0 aliphatic heterocycles. The number of halogens is 3. The Morgan fingerprint density at radius 2 is 1.91 bits per heavy atom. The lowest BCUT2D eigenvalue weighted by Crippen LogP contribution is -2.48. The Hall–Kier alpha value is -1.84. The number of hydrogen-bond donors (Lipinski definition) is 1. The summed E-state index contributed by atoms with van der Waals surface area (Å²) in [5, 5.41) is 2.92. The molecule has 2 fully saturated rings. The summed E-state index contributed by atoms with van der Waals surface area (Å²) in [5.41, 5.74) is -1.20. The van der Waals surface area contributed by atoms with Gasteiger partial charge >= 0.3 is 6.18 Å². The second-order valence-electron chi connectivity index (χ2n) is 10.3. The van der Waals surface area contributed by atoms with E-state index in [2.05, 4.69) is 10.3 Å². The first-order chi connectivity index (χ1) is 15.8. The highest BCUT2D eigenvalue weighted by atomic mass is 32.2. The van der Waals surface area contributed by atoms with Crippen LogP contribution in [0.5, 0.6) is 5.75 Å². The van der Waals surface area contributed by atoms with Crippen LogP contribution in [-0.2, 0) is 16.0 Å². The van der Waals surface area contributed by atoms with E-state index in [4.69, 9.17) is 4.74 Å². The smallest absolute Gasteiger partial charge is 0.433 e. The molecule has 0 bridgehead atoms. The van der Waals surface area contributed by atoms with Gasteiger partial charge in [0, 0.05) is 18.4 Å². The molecule has 0 spiro atoms. The van der Waals surface area contributed by atoms with E-state index in [1.165, 1.54) is 7.11 Å². The van der Waals surface area contributed by atoms with Crippen LogP contribution in [0.1, 0.15) is 87.0 Å². The van der Waals surface area contributed by atoms with Crippen LogP contribution in [-0.4, -0.2) is 44.5 Å². The van der Waals surface area contributed by atoms with Gasteiger partial charge in [0.15, 0.2) is 9.84 Å². The number of nitrogens with one attached hydrogen (secondary N) is 1. The maximum atomic E-state index is 13.3. The van der Waals surface area contributed by atoms with Crippen LogP contribution in [0, 0.1) is 17.3 Å². The van der Waals surface area contributed by atoms with Gasteiger partial charge in [0.1, 0.15) is 17.0 Å². The minimum atomic E-state index is -4.65. The number of carbonyl (C=O) groups excluding carboxylic acids is 1. The summed E-state index contributed by atoms with van der Waals surface area (Å²) in [6, 6.07) is 0.763. The summed E-state index contributed by atoms with van der Waals surface area (Å²) in [7, 11) is -1.84. The van der Waals surface area contributed by atoms with Gasteiger partial charge in [0.05, 0.1) is 18.6 Å².